The Labute approximate surface area is 110 Å². The number of piperazine rings is 1. The smallest absolute Gasteiger partial charge is 0.345 e. The van der Waals surface area contributed by atoms with Crippen LogP contribution in [-0.4, -0.2) is 47.6 Å². The number of carboxylic acids is 1. The lowest BCUT2D eigenvalue weighted by atomic mass is 9.98. The summed E-state index contributed by atoms with van der Waals surface area (Å²) >= 11 is 1.21. The van der Waals surface area contributed by atoms with Gasteiger partial charge in [-0.1, -0.05) is 0 Å². The third-order valence-electron chi connectivity index (χ3n) is 3.27. The maximum atomic E-state index is 12.1. The fourth-order valence-electron chi connectivity index (χ4n) is 2.19. The molecule has 0 spiro atoms. The van der Waals surface area contributed by atoms with Crippen LogP contribution in [0.15, 0.2) is 12.1 Å². The summed E-state index contributed by atoms with van der Waals surface area (Å²) in [4.78, 5) is 27.0. The number of anilines is 1. The molecule has 0 unspecified atom stereocenters. The van der Waals surface area contributed by atoms with Gasteiger partial charge in [-0.05, 0) is 26.0 Å². The molecule has 1 amide bonds. The summed E-state index contributed by atoms with van der Waals surface area (Å²) < 4.78 is 0. The monoisotopic (exact) mass is 268 g/mol. The predicted octanol–water partition coefficient (Wildman–Crippen LogP) is 1.50. The van der Waals surface area contributed by atoms with Gasteiger partial charge >= 0.3 is 5.97 Å². The molecule has 0 aliphatic carbocycles. The van der Waals surface area contributed by atoms with Crippen molar-refractivity contribution >= 4 is 28.2 Å². The first kappa shape index (κ1) is 12.9. The molecule has 1 saturated heterocycles. The Morgan fingerprint density at radius 1 is 1.39 bits per heavy atom. The molecule has 2 rings (SSSR count). The van der Waals surface area contributed by atoms with Gasteiger partial charge in [0.05, 0.1) is 5.00 Å². The van der Waals surface area contributed by atoms with E-state index >= 15 is 0 Å². The quantitative estimate of drug-likeness (QED) is 0.883. The molecular formula is C12H16N2O3S. The van der Waals surface area contributed by atoms with Crippen molar-refractivity contribution in [2.45, 2.75) is 19.4 Å². The SMILES string of the molecule is CN1CCN(c2ccc(C(=O)O)s2)C(C)(C)C1=O. The second-order valence-corrected chi connectivity index (χ2v) is 5.94. The minimum absolute atomic E-state index is 0.0547. The molecule has 0 atom stereocenters. The molecular weight excluding hydrogens is 252 g/mol. The van der Waals surface area contributed by atoms with E-state index in [4.69, 9.17) is 5.11 Å². The number of hydrogen-bond donors (Lipinski definition) is 1. The van der Waals surface area contributed by atoms with Crippen molar-refractivity contribution in [1.29, 1.82) is 0 Å². The van der Waals surface area contributed by atoms with Crippen molar-refractivity contribution < 1.29 is 14.7 Å². The Balaban J connectivity index is 2.32. The Morgan fingerprint density at radius 2 is 2.06 bits per heavy atom. The fraction of sp³-hybridized carbons (Fsp3) is 0.500. The van der Waals surface area contributed by atoms with Gasteiger partial charge in [0.2, 0.25) is 5.91 Å². The largest absolute Gasteiger partial charge is 0.477 e. The van der Waals surface area contributed by atoms with Crippen LogP contribution < -0.4 is 4.90 Å². The second kappa shape index (κ2) is 4.28. The summed E-state index contributed by atoms with van der Waals surface area (Å²) in [6, 6.07) is 3.36. The number of likely N-dealkylation sites (N-methyl/N-ethyl adjacent to an activating group) is 1. The summed E-state index contributed by atoms with van der Waals surface area (Å²) in [5, 5.41) is 9.77. The van der Waals surface area contributed by atoms with Gasteiger partial charge in [0.25, 0.3) is 0 Å². The lowest BCUT2D eigenvalue weighted by Gasteiger charge is -2.45. The normalized spacial score (nSPS) is 19.2. The van der Waals surface area contributed by atoms with Gasteiger partial charge in [-0.2, -0.15) is 0 Å². The van der Waals surface area contributed by atoms with Crippen LogP contribution in [0.4, 0.5) is 5.00 Å². The molecule has 1 aliphatic rings. The van der Waals surface area contributed by atoms with E-state index in [0.717, 1.165) is 11.5 Å². The third kappa shape index (κ3) is 1.96. The van der Waals surface area contributed by atoms with Gasteiger partial charge in [0.15, 0.2) is 0 Å². The lowest BCUT2D eigenvalue weighted by molar-refractivity contribution is -0.136. The third-order valence-corrected chi connectivity index (χ3v) is 4.37. The standard InChI is InChI=1S/C12H16N2O3S/c1-12(2)11(17)13(3)6-7-14(12)9-5-4-8(18-9)10(15)16/h4-5H,6-7H2,1-3H3,(H,15,16). The summed E-state index contributed by atoms with van der Waals surface area (Å²) in [5.74, 6) is -0.872. The minimum Gasteiger partial charge on any atom is -0.477 e. The number of carbonyl (C=O) groups is 2. The number of nitrogens with zero attached hydrogens (tertiary/aromatic N) is 2. The Hall–Kier alpha value is -1.56. The predicted molar refractivity (Wildman–Crippen MR) is 70.3 cm³/mol. The second-order valence-electron chi connectivity index (χ2n) is 4.88. The van der Waals surface area contributed by atoms with Gasteiger partial charge in [0.1, 0.15) is 10.4 Å². The molecule has 1 aromatic heterocycles. The van der Waals surface area contributed by atoms with Crippen LogP contribution in [0.3, 0.4) is 0 Å². The van der Waals surface area contributed by atoms with Crippen LogP contribution in [-0.2, 0) is 4.79 Å². The summed E-state index contributed by atoms with van der Waals surface area (Å²) in [5.41, 5.74) is -0.631. The number of rotatable bonds is 2. The molecule has 0 bridgehead atoms. The highest BCUT2D eigenvalue weighted by Crippen LogP contribution is 2.33. The molecule has 1 fully saturated rings. The number of carboxylic acid groups (broad SMARTS) is 1. The average Bonchev–Trinajstić information content (AvgIpc) is 2.75. The van der Waals surface area contributed by atoms with Crippen molar-refractivity contribution in [1.82, 2.24) is 4.90 Å². The van der Waals surface area contributed by atoms with E-state index in [1.54, 1.807) is 24.1 Å². The zero-order valence-electron chi connectivity index (χ0n) is 10.6. The van der Waals surface area contributed by atoms with Gasteiger partial charge in [-0.3, -0.25) is 4.79 Å². The van der Waals surface area contributed by atoms with Crippen LogP contribution in [0.5, 0.6) is 0 Å². The molecule has 0 saturated carbocycles. The first-order chi connectivity index (χ1) is 8.34. The number of aromatic carboxylic acids is 1. The van der Waals surface area contributed by atoms with Crippen LogP contribution in [0.2, 0.25) is 0 Å². The van der Waals surface area contributed by atoms with Gasteiger partial charge in [0, 0.05) is 20.1 Å². The van der Waals surface area contributed by atoms with Gasteiger partial charge in [-0.25, -0.2) is 4.79 Å². The molecule has 98 valence electrons. The number of amides is 1. The summed E-state index contributed by atoms with van der Waals surface area (Å²) in [6.07, 6.45) is 0. The average molecular weight is 268 g/mol. The maximum Gasteiger partial charge on any atom is 0.345 e. The first-order valence-corrected chi connectivity index (χ1v) is 6.52. The minimum atomic E-state index is -0.926. The van der Waals surface area contributed by atoms with E-state index < -0.39 is 11.5 Å². The number of thiophene rings is 1. The van der Waals surface area contributed by atoms with Crippen LogP contribution in [0, 0.1) is 0 Å². The first-order valence-electron chi connectivity index (χ1n) is 5.70. The highest BCUT2D eigenvalue weighted by molar-refractivity contribution is 7.17. The molecule has 1 aromatic rings. The van der Waals surface area contributed by atoms with Crippen LogP contribution in [0.1, 0.15) is 23.5 Å². The lowest BCUT2D eigenvalue weighted by Crippen LogP contribution is -2.62. The van der Waals surface area contributed by atoms with Crippen molar-refractivity contribution in [2.75, 3.05) is 25.0 Å². The van der Waals surface area contributed by atoms with Crippen molar-refractivity contribution in [3.63, 3.8) is 0 Å². The Kier molecular flexibility index (Phi) is 3.06. The summed E-state index contributed by atoms with van der Waals surface area (Å²) in [7, 11) is 1.79. The molecule has 6 heteroatoms. The molecule has 1 N–H and O–H groups in total. The van der Waals surface area contributed by atoms with Crippen LogP contribution in [0.25, 0.3) is 0 Å². The van der Waals surface area contributed by atoms with E-state index in [-0.39, 0.29) is 5.91 Å². The van der Waals surface area contributed by atoms with E-state index in [0.29, 0.717) is 11.4 Å². The van der Waals surface area contributed by atoms with E-state index in [1.165, 1.54) is 11.3 Å². The van der Waals surface area contributed by atoms with E-state index in [2.05, 4.69) is 0 Å². The fourth-order valence-corrected chi connectivity index (χ4v) is 3.20. The Morgan fingerprint density at radius 3 is 2.61 bits per heavy atom. The van der Waals surface area contributed by atoms with Crippen molar-refractivity contribution in [2.24, 2.45) is 0 Å². The van der Waals surface area contributed by atoms with E-state index in [1.807, 2.05) is 18.7 Å². The molecule has 1 aliphatic heterocycles. The topological polar surface area (TPSA) is 60.9 Å². The zero-order valence-corrected chi connectivity index (χ0v) is 11.5. The molecule has 0 aromatic carbocycles. The van der Waals surface area contributed by atoms with Crippen molar-refractivity contribution in [3.05, 3.63) is 17.0 Å². The van der Waals surface area contributed by atoms with Crippen LogP contribution >= 0.6 is 11.3 Å². The molecule has 5 nitrogen and oxygen atoms in total. The highest BCUT2D eigenvalue weighted by Gasteiger charge is 2.41. The Bertz CT molecular complexity index is 495. The van der Waals surface area contributed by atoms with E-state index in [9.17, 15) is 9.59 Å². The van der Waals surface area contributed by atoms with Gasteiger partial charge in [-0.15, -0.1) is 11.3 Å². The molecule has 18 heavy (non-hydrogen) atoms. The molecule has 2 heterocycles. The zero-order chi connectivity index (χ0) is 13.5. The number of hydrogen-bond acceptors (Lipinski definition) is 4. The maximum absolute atomic E-state index is 12.1. The van der Waals surface area contributed by atoms with Crippen molar-refractivity contribution in [3.8, 4) is 0 Å². The van der Waals surface area contributed by atoms with Gasteiger partial charge < -0.3 is 14.9 Å². The summed E-state index contributed by atoms with van der Waals surface area (Å²) in [6.45, 7) is 5.10. The molecule has 0 radical (unpaired) electrons. The number of carbonyl (C=O) groups excluding carboxylic acids is 1. The highest BCUT2D eigenvalue weighted by atomic mass is 32.1.